The number of aliphatic hydroxyl groups is 1. The summed E-state index contributed by atoms with van der Waals surface area (Å²) in [6.07, 6.45) is 10.3. The second kappa shape index (κ2) is 9.06. The van der Waals surface area contributed by atoms with Gasteiger partial charge >= 0.3 is 5.97 Å². The van der Waals surface area contributed by atoms with Crippen LogP contribution in [0.3, 0.4) is 0 Å². The highest BCUT2D eigenvalue weighted by molar-refractivity contribution is 5.87. The molecule has 4 rings (SSSR count). The lowest BCUT2D eigenvalue weighted by molar-refractivity contribution is -0.138. The fraction of sp³-hybridized carbons (Fsp3) is 0.667. The van der Waals surface area contributed by atoms with Crippen LogP contribution in [0.1, 0.15) is 73.7 Å². The van der Waals surface area contributed by atoms with Gasteiger partial charge in [0, 0.05) is 26.1 Å². The number of carboxylic acids is 1. The van der Waals surface area contributed by atoms with Gasteiger partial charge in [0.15, 0.2) is 0 Å². The SMILES string of the molecule is O=C(O)c1ccc(CCN2C(=O)CCN2CCC[C@H](O)C2(CC3CC3)CCC2)cc1. The van der Waals surface area contributed by atoms with E-state index in [2.05, 4.69) is 5.01 Å². The highest BCUT2D eigenvalue weighted by Gasteiger charge is 2.46. The van der Waals surface area contributed by atoms with Gasteiger partial charge in [-0.1, -0.05) is 31.4 Å². The van der Waals surface area contributed by atoms with Crippen molar-refractivity contribution in [1.82, 2.24) is 10.0 Å². The number of carboxylic acid groups (broad SMARTS) is 1. The van der Waals surface area contributed by atoms with Gasteiger partial charge in [0.05, 0.1) is 11.7 Å². The van der Waals surface area contributed by atoms with E-state index in [0.717, 1.165) is 37.4 Å². The van der Waals surface area contributed by atoms with E-state index in [1.54, 1.807) is 12.1 Å². The topological polar surface area (TPSA) is 81.1 Å². The Morgan fingerprint density at radius 3 is 2.50 bits per heavy atom. The molecule has 164 valence electrons. The number of benzene rings is 1. The summed E-state index contributed by atoms with van der Waals surface area (Å²) in [6, 6.07) is 6.87. The Morgan fingerprint density at radius 2 is 1.90 bits per heavy atom. The largest absolute Gasteiger partial charge is 0.478 e. The number of hydrazine groups is 1. The summed E-state index contributed by atoms with van der Waals surface area (Å²) >= 11 is 0. The number of aliphatic hydroxyl groups excluding tert-OH is 1. The van der Waals surface area contributed by atoms with Crippen LogP contribution in [-0.4, -0.2) is 57.8 Å². The molecule has 6 nitrogen and oxygen atoms in total. The minimum absolute atomic E-state index is 0.155. The quantitative estimate of drug-likeness (QED) is 0.579. The molecule has 6 heteroatoms. The normalized spacial score (nSPS) is 22.2. The zero-order chi connectivity index (χ0) is 21.1. The van der Waals surface area contributed by atoms with E-state index in [-0.39, 0.29) is 23.0 Å². The predicted octanol–water partition coefficient (Wildman–Crippen LogP) is 3.49. The molecule has 2 aliphatic carbocycles. The molecule has 3 fully saturated rings. The van der Waals surface area contributed by atoms with Crippen molar-refractivity contribution in [3.05, 3.63) is 35.4 Å². The molecule has 2 saturated carbocycles. The molecule has 0 aromatic heterocycles. The summed E-state index contributed by atoms with van der Waals surface area (Å²) in [6.45, 7) is 2.17. The second-order valence-electron chi connectivity index (χ2n) is 9.49. The summed E-state index contributed by atoms with van der Waals surface area (Å²) in [5, 5.41) is 23.8. The molecule has 1 aromatic carbocycles. The first-order chi connectivity index (χ1) is 14.5. The lowest BCUT2D eigenvalue weighted by atomic mass is 9.61. The number of amides is 1. The van der Waals surface area contributed by atoms with E-state index in [1.165, 1.54) is 38.5 Å². The highest BCUT2D eigenvalue weighted by atomic mass is 16.4. The minimum atomic E-state index is -0.926. The van der Waals surface area contributed by atoms with Gasteiger partial charge in [-0.15, -0.1) is 0 Å². The first-order valence-electron chi connectivity index (χ1n) is 11.5. The molecular weight excluding hydrogens is 380 g/mol. The van der Waals surface area contributed by atoms with Gasteiger partial charge in [-0.2, -0.15) is 0 Å². The van der Waals surface area contributed by atoms with Crippen molar-refractivity contribution in [2.24, 2.45) is 11.3 Å². The highest BCUT2D eigenvalue weighted by Crippen LogP contribution is 2.53. The molecule has 0 spiro atoms. The van der Waals surface area contributed by atoms with Crippen LogP contribution in [0.2, 0.25) is 0 Å². The standard InChI is InChI=1S/C24H34N2O4/c27-21(24(12-2-13-24)17-19-4-5-19)3-1-14-25-15-11-22(28)26(25)16-10-18-6-8-20(9-7-18)23(29)30/h6-9,19,21,27H,1-5,10-17H2,(H,29,30)/t21-/m0/s1. The third-order valence-corrected chi connectivity index (χ3v) is 7.37. The van der Waals surface area contributed by atoms with Crippen molar-refractivity contribution in [3.63, 3.8) is 0 Å². The van der Waals surface area contributed by atoms with Gasteiger partial charge in [-0.05, 0) is 67.6 Å². The number of rotatable bonds is 11. The molecule has 1 atom stereocenters. The van der Waals surface area contributed by atoms with E-state index in [4.69, 9.17) is 5.11 Å². The number of carbonyl (C=O) groups is 2. The summed E-state index contributed by atoms with van der Waals surface area (Å²) in [5.74, 6) is 0.0866. The average Bonchev–Trinajstić information content (AvgIpc) is 3.46. The van der Waals surface area contributed by atoms with E-state index < -0.39 is 5.97 Å². The van der Waals surface area contributed by atoms with Crippen LogP contribution in [0.5, 0.6) is 0 Å². The Hall–Kier alpha value is -1.92. The number of hydrogen-bond acceptors (Lipinski definition) is 4. The van der Waals surface area contributed by atoms with Gasteiger partial charge < -0.3 is 10.2 Å². The van der Waals surface area contributed by atoms with Crippen LogP contribution < -0.4 is 0 Å². The molecule has 1 aromatic rings. The molecular formula is C24H34N2O4. The van der Waals surface area contributed by atoms with E-state index in [9.17, 15) is 14.7 Å². The zero-order valence-corrected chi connectivity index (χ0v) is 17.8. The molecule has 30 heavy (non-hydrogen) atoms. The van der Waals surface area contributed by atoms with E-state index in [1.807, 2.05) is 17.1 Å². The first kappa shape index (κ1) is 21.3. The Morgan fingerprint density at radius 1 is 1.17 bits per heavy atom. The molecule has 0 unspecified atom stereocenters. The Labute approximate surface area is 178 Å². The number of aromatic carboxylic acids is 1. The summed E-state index contributed by atoms with van der Waals surface area (Å²) < 4.78 is 0. The lowest BCUT2D eigenvalue weighted by Crippen LogP contribution is -2.43. The summed E-state index contributed by atoms with van der Waals surface area (Å²) in [7, 11) is 0. The van der Waals surface area contributed by atoms with Crippen LogP contribution in [0, 0.1) is 11.3 Å². The van der Waals surface area contributed by atoms with Gasteiger partial charge in [-0.3, -0.25) is 9.80 Å². The van der Waals surface area contributed by atoms with Crippen LogP contribution in [0.25, 0.3) is 0 Å². The van der Waals surface area contributed by atoms with Crippen molar-refractivity contribution in [3.8, 4) is 0 Å². The van der Waals surface area contributed by atoms with Crippen LogP contribution in [0.4, 0.5) is 0 Å². The molecule has 1 heterocycles. The average molecular weight is 415 g/mol. The molecule has 1 amide bonds. The van der Waals surface area contributed by atoms with Crippen molar-refractivity contribution >= 4 is 11.9 Å². The van der Waals surface area contributed by atoms with Gasteiger partial charge in [0.2, 0.25) is 5.91 Å². The predicted molar refractivity (Wildman–Crippen MR) is 114 cm³/mol. The van der Waals surface area contributed by atoms with Crippen molar-refractivity contribution in [2.75, 3.05) is 19.6 Å². The Kier molecular flexibility index (Phi) is 6.44. The molecule has 1 aliphatic heterocycles. The third kappa shape index (κ3) is 4.86. The maximum Gasteiger partial charge on any atom is 0.335 e. The second-order valence-corrected chi connectivity index (χ2v) is 9.49. The Bertz CT molecular complexity index is 755. The van der Waals surface area contributed by atoms with Crippen LogP contribution in [0.15, 0.2) is 24.3 Å². The van der Waals surface area contributed by atoms with Gasteiger partial charge in [0.1, 0.15) is 0 Å². The molecule has 0 radical (unpaired) electrons. The maximum atomic E-state index is 12.3. The van der Waals surface area contributed by atoms with Gasteiger partial charge in [-0.25, -0.2) is 9.80 Å². The molecule has 1 saturated heterocycles. The van der Waals surface area contributed by atoms with Crippen molar-refractivity contribution in [1.29, 1.82) is 0 Å². The molecule has 0 bridgehead atoms. The van der Waals surface area contributed by atoms with Crippen molar-refractivity contribution < 1.29 is 19.8 Å². The first-order valence-corrected chi connectivity index (χ1v) is 11.5. The fourth-order valence-electron chi connectivity index (χ4n) is 5.15. The maximum absolute atomic E-state index is 12.3. The van der Waals surface area contributed by atoms with Crippen LogP contribution >= 0.6 is 0 Å². The zero-order valence-electron chi connectivity index (χ0n) is 17.8. The lowest BCUT2D eigenvalue weighted by Gasteiger charge is -2.46. The fourth-order valence-corrected chi connectivity index (χ4v) is 5.15. The number of nitrogens with zero attached hydrogens (tertiary/aromatic N) is 2. The van der Waals surface area contributed by atoms with E-state index in [0.29, 0.717) is 19.4 Å². The molecule has 2 N–H and O–H groups in total. The Balaban J connectivity index is 1.24. The molecule has 3 aliphatic rings. The minimum Gasteiger partial charge on any atom is -0.478 e. The van der Waals surface area contributed by atoms with Crippen LogP contribution in [-0.2, 0) is 11.2 Å². The monoisotopic (exact) mass is 414 g/mol. The number of hydrogen-bond donors (Lipinski definition) is 2. The smallest absolute Gasteiger partial charge is 0.335 e. The summed E-state index contributed by atoms with van der Waals surface area (Å²) in [4.78, 5) is 23.3. The van der Waals surface area contributed by atoms with Gasteiger partial charge in [0.25, 0.3) is 0 Å². The number of carbonyl (C=O) groups excluding carboxylic acids is 1. The van der Waals surface area contributed by atoms with E-state index >= 15 is 0 Å². The summed E-state index contributed by atoms with van der Waals surface area (Å²) in [5.41, 5.74) is 1.49. The van der Waals surface area contributed by atoms with Crippen molar-refractivity contribution in [2.45, 2.75) is 70.3 Å². The third-order valence-electron chi connectivity index (χ3n) is 7.37.